The predicted octanol–water partition coefficient (Wildman–Crippen LogP) is 3.41. The number of nitrogen functional groups attached to an aromatic ring is 1. The summed E-state index contributed by atoms with van der Waals surface area (Å²) in [6.45, 7) is 5.15. The number of nitrogens with zero attached hydrogens (tertiary/aromatic N) is 3. The van der Waals surface area contributed by atoms with Crippen LogP contribution in [0.4, 0.5) is 10.8 Å². The topological polar surface area (TPSA) is 55.0 Å². The van der Waals surface area contributed by atoms with E-state index in [-0.39, 0.29) is 0 Å². The minimum Gasteiger partial charge on any atom is -0.399 e. The van der Waals surface area contributed by atoms with E-state index in [9.17, 15) is 0 Å². The Balaban J connectivity index is 1.79. The highest BCUT2D eigenvalue weighted by molar-refractivity contribution is 7.09. The molecule has 0 atom stereocenters. The Morgan fingerprint density at radius 1 is 1.30 bits per heavy atom. The van der Waals surface area contributed by atoms with Crippen LogP contribution in [-0.4, -0.2) is 15.4 Å². The molecule has 1 aliphatic rings. The van der Waals surface area contributed by atoms with Crippen molar-refractivity contribution in [3.8, 4) is 0 Å². The lowest BCUT2D eigenvalue weighted by atomic mass is 10.2. The van der Waals surface area contributed by atoms with Gasteiger partial charge in [-0.15, -0.1) is 0 Å². The third-order valence-corrected chi connectivity index (χ3v) is 4.28. The molecular formula is C15H20N4S. The van der Waals surface area contributed by atoms with Gasteiger partial charge in [0.25, 0.3) is 0 Å². The van der Waals surface area contributed by atoms with Gasteiger partial charge in [0.15, 0.2) is 0 Å². The molecule has 4 nitrogen and oxygen atoms in total. The van der Waals surface area contributed by atoms with Crippen LogP contribution in [0.15, 0.2) is 24.3 Å². The highest BCUT2D eigenvalue weighted by Gasteiger charge is 2.31. The summed E-state index contributed by atoms with van der Waals surface area (Å²) in [7, 11) is 0. The zero-order valence-corrected chi connectivity index (χ0v) is 12.7. The molecule has 5 heteroatoms. The Morgan fingerprint density at radius 2 is 2.00 bits per heavy atom. The van der Waals surface area contributed by atoms with E-state index in [0.29, 0.717) is 12.0 Å². The fourth-order valence-corrected chi connectivity index (χ4v) is 3.02. The molecule has 2 N–H and O–H groups in total. The van der Waals surface area contributed by atoms with Crippen LogP contribution in [0.2, 0.25) is 0 Å². The van der Waals surface area contributed by atoms with Gasteiger partial charge in [0.1, 0.15) is 5.82 Å². The second kappa shape index (κ2) is 5.40. The van der Waals surface area contributed by atoms with Crippen molar-refractivity contribution in [3.63, 3.8) is 0 Å². The molecule has 0 aliphatic heterocycles. The van der Waals surface area contributed by atoms with Crippen LogP contribution in [0, 0.1) is 0 Å². The fourth-order valence-electron chi connectivity index (χ4n) is 2.14. The van der Waals surface area contributed by atoms with Crippen molar-refractivity contribution in [2.24, 2.45) is 0 Å². The molecule has 1 fully saturated rings. The summed E-state index contributed by atoms with van der Waals surface area (Å²) in [6, 6.07) is 8.73. The molecule has 0 unspecified atom stereocenters. The molecule has 3 rings (SSSR count). The van der Waals surface area contributed by atoms with Crippen LogP contribution in [0.3, 0.4) is 0 Å². The first kappa shape index (κ1) is 13.4. The zero-order chi connectivity index (χ0) is 14.1. The first-order chi connectivity index (χ1) is 9.63. The molecule has 2 aromatic rings. The summed E-state index contributed by atoms with van der Waals surface area (Å²) < 4.78 is 4.47. The maximum absolute atomic E-state index is 5.74. The van der Waals surface area contributed by atoms with E-state index in [1.807, 2.05) is 12.1 Å². The first-order valence-electron chi connectivity index (χ1n) is 7.08. The maximum atomic E-state index is 5.74. The number of hydrogen-bond acceptors (Lipinski definition) is 5. The minimum absolute atomic E-state index is 0.387. The number of nitrogens with two attached hydrogens (primary N) is 1. The quantitative estimate of drug-likeness (QED) is 0.857. The normalized spacial score (nSPS) is 14.8. The smallest absolute Gasteiger partial charge is 0.205 e. The predicted molar refractivity (Wildman–Crippen MR) is 84.1 cm³/mol. The molecule has 1 saturated carbocycles. The largest absolute Gasteiger partial charge is 0.399 e. The van der Waals surface area contributed by atoms with Crippen LogP contribution in [0.5, 0.6) is 0 Å². The highest BCUT2D eigenvalue weighted by atomic mass is 32.1. The summed E-state index contributed by atoms with van der Waals surface area (Å²) in [5.74, 6) is 1.34. The van der Waals surface area contributed by atoms with Crippen molar-refractivity contribution in [2.75, 3.05) is 10.6 Å². The molecule has 1 aromatic carbocycles. The van der Waals surface area contributed by atoms with E-state index >= 15 is 0 Å². The van der Waals surface area contributed by atoms with E-state index < -0.39 is 0 Å². The molecule has 1 aromatic heterocycles. The van der Waals surface area contributed by atoms with Crippen LogP contribution >= 0.6 is 11.5 Å². The van der Waals surface area contributed by atoms with E-state index in [1.165, 1.54) is 29.9 Å². The van der Waals surface area contributed by atoms with Crippen molar-refractivity contribution < 1.29 is 0 Å². The average Bonchev–Trinajstić information content (AvgIpc) is 3.14. The van der Waals surface area contributed by atoms with Crippen LogP contribution < -0.4 is 10.6 Å². The number of hydrogen-bond donors (Lipinski definition) is 1. The van der Waals surface area contributed by atoms with E-state index in [0.717, 1.165) is 23.2 Å². The zero-order valence-electron chi connectivity index (χ0n) is 11.9. The van der Waals surface area contributed by atoms with E-state index in [2.05, 4.69) is 35.3 Å². The Kier molecular flexibility index (Phi) is 3.61. The molecule has 0 saturated heterocycles. The molecule has 0 spiro atoms. The fraction of sp³-hybridized carbons (Fsp3) is 0.467. The lowest BCUT2D eigenvalue weighted by Gasteiger charge is -2.21. The van der Waals surface area contributed by atoms with Crippen molar-refractivity contribution in [2.45, 2.75) is 45.2 Å². The monoisotopic (exact) mass is 288 g/mol. The van der Waals surface area contributed by atoms with Gasteiger partial charge in [-0.25, -0.2) is 4.98 Å². The molecule has 1 aliphatic carbocycles. The second-order valence-electron chi connectivity index (χ2n) is 5.69. The molecule has 0 radical (unpaired) electrons. The van der Waals surface area contributed by atoms with Gasteiger partial charge in [0.05, 0.1) is 0 Å². The lowest BCUT2D eigenvalue weighted by Crippen LogP contribution is -2.24. The standard InChI is InChI=1S/C15H20N4S/c1-10(2)14-17-15(20-18-14)19(13-7-8-13)9-11-3-5-12(16)6-4-11/h3-6,10,13H,7-9,16H2,1-2H3. The number of aromatic nitrogens is 2. The van der Waals surface area contributed by atoms with Gasteiger partial charge in [-0.3, -0.25) is 0 Å². The summed E-state index contributed by atoms with van der Waals surface area (Å²) in [5, 5.41) is 1.05. The van der Waals surface area contributed by atoms with Gasteiger partial charge in [-0.05, 0) is 30.5 Å². The van der Waals surface area contributed by atoms with Crippen molar-refractivity contribution in [1.82, 2.24) is 9.36 Å². The van der Waals surface area contributed by atoms with Crippen molar-refractivity contribution in [1.29, 1.82) is 0 Å². The number of anilines is 2. The Morgan fingerprint density at radius 3 is 2.55 bits per heavy atom. The molecule has 0 bridgehead atoms. The Hall–Kier alpha value is -1.62. The first-order valence-corrected chi connectivity index (χ1v) is 7.85. The van der Waals surface area contributed by atoms with Gasteiger partial charge in [-0.2, -0.15) is 4.37 Å². The van der Waals surface area contributed by atoms with Crippen LogP contribution in [0.1, 0.15) is 44.0 Å². The van der Waals surface area contributed by atoms with Crippen molar-refractivity contribution >= 4 is 22.4 Å². The van der Waals surface area contributed by atoms with Crippen LogP contribution in [0.25, 0.3) is 0 Å². The van der Waals surface area contributed by atoms with Crippen LogP contribution in [-0.2, 0) is 6.54 Å². The summed E-state index contributed by atoms with van der Waals surface area (Å²) in [5.41, 5.74) is 7.82. The van der Waals surface area contributed by atoms with Crippen molar-refractivity contribution in [3.05, 3.63) is 35.7 Å². The molecule has 1 heterocycles. The number of rotatable bonds is 5. The third-order valence-electron chi connectivity index (χ3n) is 3.51. The van der Waals surface area contributed by atoms with Gasteiger partial charge in [0.2, 0.25) is 5.13 Å². The molecular weight excluding hydrogens is 268 g/mol. The van der Waals surface area contributed by atoms with Gasteiger partial charge >= 0.3 is 0 Å². The second-order valence-corrected chi connectivity index (χ2v) is 6.42. The van der Waals surface area contributed by atoms with E-state index in [1.54, 1.807) is 0 Å². The molecule has 106 valence electrons. The summed E-state index contributed by atoms with van der Waals surface area (Å²) in [6.07, 6.45) is 2.51. The lowest BCUT2D eigenvalue weighted by molar-refractivity contribution is 0.763. The van der Waals surface area contributed by atoms with Gasteiger partial charge in [0, 0.05) is 35.7 Å². The minimum atomic E-state index is 0.387. The van der Waals surface area contributed by atoms with Gasteiger partial charge in [-0.1, -0.05) is 26.0 Å². The molecule has 20 heavy (non-hydrogen) atoms. The Labute approximate surface area is 123 Å². The Bertz CT molecular complexity index is 572. The number of benzene rings is 1. The summed E-state index contributed by atoms with van der Waals surface area (Å²) >= 11 is 1.52. The average molecular weight is 288 g/mol. The summed E-state index contributed by atoms with van der Waals surface area (Å²) in [4.78, 5) is 7.08. The third kappa shape index (κ3) is 2.93. The maximum Gasteiger partial charge on any atom is 0.205 e. The van der Waals surface area contributed by atoms with Gasteiger partial charge < -0.3 is 10.6 Å². The van der Waals surface area contributed by atoms with E-state index in [4.69, 9.17) is 10.7 Å². The molecule has 0 amide bonds. The SMILES string of the molecule is CC(C)c1nsc(N(Cc2ccc(N)cc2)C2CC2)n1. The highest BCUT2D eigenvalue weighted by Crippen LogP contribution is 2.34.